The summed E-state index contributed by atoms with van der Waals surface area (Å²) in [6.45, 7) is 3.89. The number of aliphatic carboxylic acids is 1. The van der Waals surface area contributed by atoms with Crippen LogP contribution in [0.3, 0.4) is 0 Å². The van der Waals surface area contributed by atoms with Gasteiger partial charge in [-0.05, 0) is 79.4 Å². The minimum Gasteiger partial charge on any atom is -0.487 e. The van der Waals surface area contributed by atoms with Crippen molar-refractivity contribution in [2.75, 3.05) is 11.5 Å². The molecule has 0 spiro atoms. The molecule has 1 atom stereocenters. The maximum atomic E-state index is 11.3. The molecule has 1 saturated carbocycles. The highest BCUT2D eigenvalue weighted by Crippen LogP contribution is 2.51. The van der Waals surface area contributed by atoms with Crippen molar-refractivity contribution >= 4 is 62.5 Å². The molecule has 0 radical (unpaired) electrons. The lowest BCUT2D eigenvalue weighted by atomic mass is 9.81. The molecule has 2 N–H and O–H groups in total. The molecule has 216 valence electrons. The summed E-state index contributed by atoms with van der Waals surface area (Å²) in [5, 5.41) is 20.8. The van der Waals surface area contributed by atoms with Gasteiger partial charge >= 0.3 is 5.97 Å². The van der Waals surface area contributed by atoms with Crippen molar-refractivity contribution in [1.29, 1.82) is 0 Å². The van der Waals surface area contributed by atoms with Crippen LogP contribution in [0.4, 0.5) is 0 Å². The largest absolute Gasteiger partial charge is 0.487 e. The normalized spacial score (nSPS) is 15.1. The number of halogens is 2. The average Bonchev–Trinajstić information content (AvgIpc) is 3.63. The molecule has 2 aromatic heterocycles. The highest BCUT2D eigenvalue weighted by Gasteiger charge is 2.44. The predicted octanol–water partition coefficient (Wildman–Crippen LogP) is 8.92. The van der Waals surface area contributed by atoms with Crippen LogP contribution in [0.1, 0.15) is 67.8 Å². The summed E-state index contributed by atoms with van der Waals surface area (Å²) in [6, 6.07) is 20.0. The number of pyridine rings is 1. The number of thioether (sulfide) groups is 1. The molecule has 1 aliphatic carbocycles. The van der Waals surface area contributed by atoms with E-state index in [0.717, 1.165) is 63.6 Å². The Bertz CT molecular complexity index is 1540. The van der Waals surface area contributed by atoms with E-state index in [1.165, 1.54) is 11.3 Å². The average molecular weight is 631 g/mol. The fourth-order valence-electron chi connectivity index (χ4n) is 5.29. The van der Waals surface area contributed by atoms with Gasteiger partial charge in [0.1, 0.15) is 22.2 Å². The summed E-state index contributed by atoms with van der Waals surface area (Å²) >= 11 is 15.8. The number of hydrogen-bond acceptors (Lipinski definition) is 6. The van der Waals surface area contributed by atoms with Gasteiger partial charge in [0.25, 0.3) is 0 Å². The monoisotopic (exact) mass is 629 g/mol. The summed E-state index contributed by atoms with van der Waals surface area (Å²) in [6.07, 6.45) is 3.02. The first-order valence-electron chi connectivity index (χ1n) is 13.6. The first kappa shape index (κ1) is 30.2. The van der Waals surface area contributed by atoms with Gasteiger partial charge in [-0.3, -0.25) is 4.79 Å². The Morgan fingerprint density at radius 1 is 1.10 bits per heavy atom. The van der Waals surface area contributed by atoms with E-state index >= 15 is 0 Å². The third-order valence-electron chi connectivity index (χ3n) is 7.60. The number of carboxylic acid groups (broad SMARTS) is 1. The Hall–Kier alpha value is -2.29. The van der Waals surface area contributed by atoms with Gasteiger partial charge in [-0.15, -0.1) is 11.3 Å². The van der Waals surface area contributed by atoms with Crippen LogP contribution in [0.2, 0.25) is 9.36 Å². The van der Waals surface area contributed by atoms with Crippen LogP contribution >= 0.6 is 46.3 Å². The van der Waals surface area contributed by atoms with Crippen molar-refractivity contribution < 1.29 is 19.7 Å². The zero-order valence-electron chi connectivity index (χ0n) is 23.0. The third kappa shape index (κ3) is 7.20. The number of aliphatic hydroxyl groups is 1. The standard InChI is InChI=1S/C32H33Cl2NO4S2/c1-31(2,38)24-9-5-3-7-22(24)21(13-16-40-19-32(14-15-32)17-27(36)37)23-8-4-6-10-25(23)39-18-20-11-12-26-29(35-20)28(33)30(34)41-26/h3-12,21,38H,13-19H2,1-2H3,(H,36,37). The minimum absolute atomic E-state index is 0.0310. The fraction of sp³-hybridized carbons (Fsp3) is 0.375. The molecule has 2 heterocycles. The van der Waals surface area contributed by atoms with E-state index in [0.29, 0.717) is 14.9 Å². The van der Waals surface area contributed by atoms with Gasteiger partial charge in [0.15, 0.2) is 0 Å². The van der Waals surface area contributed by atoms with Crippen LogP contribution < -0.4 is 4.74 Å². The van der Waals surface area contributed by atoms with Crippen molar-refractivity contribution in [2.24, 2.45) is 5.41 Å². The Balaban J connectivity index is 1.40. The number of nitrogens with zero attached hydrogens (tertiary/aromatic N) is 1. The lowest BCUT2D eigenvalue weighted by molar-refractivity contribution is -0.138. The SMILES string of the molecule is CC(C)(O)c1ccccc1C(CCSCC1(CC(=O)O)CC1)c1ccccc1OCc1ccc2sc(Cl)c(Cl)c2n1. The Kier molecular flexibility index (Phi) is 9.22. The second-order valence-corrected chi connectivity index (χ2v) is 14.4. The maximum absolute atomic E-state index is 11.3. The van der Waals surface area contributed by atoms with E-state index in [1.807, 2.05) is 74.1 Å². The molecule has 4 aromatic rings. The van der Waals surface area contributed by atoms with Gasteiger partial charge in [-0.2, -0.15) is 11.8 Å². The molecule has 2 aromatic carbocycles. The maximum Gasteiger partial charge on any atom is 0.303 e. The van der Waals surface area contributed by atoms with Crippen molar-refractivity contribution in [3.05, 3.63) is 92.4 Å². The lowest BCUT2D eigenvalue weighted by Crippen LogP contribution is -2.20. The molecule has 1 fully saturated rings. The number of fused-ring (bicyclic) bond motifs is 1. The predicted molar refractivity (Wildman–Crippen MR) is 170 cm³/mol. The molecule has 0 saturated heterocycles. The number of para-hydroxylation sites is 1. The zero-order chi connectivity index (χ0) is 29.2. The molecule has 1 aliphatic rings. The van der Waals surface area contributed by atoms with Gasteiger partial charge in [0.2, 0.25) is 0 Å². The molecule has 0 amide bonds. The van der Waals surface area contributed by atoms with Gasteiger partial charge in [-0.1, -0.05) is 65.7 Å². The first-order valence-corrected chi connectivity index (χ1v) is 16.4. The lowest BCUT2D eigenvalue weighted by Gasteiger charge is -2.28. The molecule has 0 aliphatic heterocycles. The van der Waals surface area contributed by atoms with Gasteiger partial charge in [-0.25, -0.2) is 4.98 Å². The number of carboxylic acids is 1. The Morgan fingerprint density at radius 2 is 1.80 bits per heavy atom. The summed E-state index contributed by atoms with van der Waals surface area (Å²) in [4.78, 5) is 16.0. The van der Waals surface area contributed by atoms with Crippen LogP contribution in [0.15, 0.2) is 60.7 Å². The third-order valence-corrected chi connectivity index (χ3v) is 10.9. The molecule has 9 heteroatoms. The van der Waals surface area contributed by atoms with Crippen molar-refractivity contribution in [2.45, 2.75) is 57.7 Å². The van der Waals surface area contributed by atoms with Crippen LogP contribution in [-0.4, -0.2) is 32.7 Å². The topological polar surface area (TPSA) is 79.7 Å². The van der Waals surface area contributed by atoms with Crippen LogP contribution in [-0.2, 0) is 17.0 Å². The second-order valence-electron chi connectivity index (χ2n) is 11.3. The van der Waals surface area contributed by atoms with Gasteiger partial charge < -0.3 is 14.9 Å². The van der Waals surface area contributed by atoms with Crippen LogP contribution in [0.5, 0.6) is 5.75 Å². The van der Waals surface area contributed by atoms with Crippen molar-refractivity contribution in [3.8, 4) is 5.75 Å². The van der Waals surface area contributed by atoms with E-state index in [1.54, 1.807) is 0 Å². The number of ether oxygens (including phenoxy) is 1. The van der Waals surface area contributed by atoms with Gasteiger partial charge in [0.05, 0.1) is 27.4 Å². The van der Waals surface area contributed by atoms with E-state index in [-0.39, 0.29) is 24.4 Å². The van der Waals surface area contributed by atoms with Gasteiger partial charge in [0, 0.05) is 11.5 Å². The Morgan fingerprint density at radius 3 is 2.51 bits per heavy atom. The van der Waals surface area contributed by atoms with Crippen molar-refractivity contribution in [3.63, 3.8) is 0 Å². The molecular formula is C32H33Cl2NO4S2. The van der Waals surface area contributed by atoms with Crippen LogP contribution in [0.25, 0.3) is 10.2 Å². The quantitative estimate of drug-likeness (QED) is 0.144. The number of carbonyl (C=O) groups is 1. The first-order chi connectivity index (χ1) is 19.6. The summed E-state index contributed by atoms with van der Waals surface area (Å²) in [5.74, 6) is 1.71. The highest BCUT2D eigenvalue weighted by atomic mass is 35.5. The van der Waals surface area contributed by atoms with E-state index < -0.39 is 11.6 Å². The fourth-order valence-corrected chi connectivity index (χ4v) is 8.07. The molecular weight excluding hydrogens is 597 g/mol. The molecule has 1 unspecified atom stereocenters. The Labute approximate surface area is 258 Å². The molecule has 5 rings (SSSR count). The number of rotatable bonds is 13. The smallest absolute Gasteiger partial charge is 0.303 e. The molecule has 0 bridgehead atoms. The van der Waals surface area contributed by atoms with E-state index in [9.17, 15) is 15.0 Å². The number of benzene rings is 2. The summed E-state index contributed by atoms with van der Waals surface area (Å²) in [7, 11) is 0. The molecule has 41 heavy (non-hydrogen) atoms. The number of aromatic nitrogens is 1. The van der Waals surface area contributed by atoms with E-state index in [4.69, 9.17) is 32.9 Å². The second kappa shape index (κ2) is 12.5. The number of hydrogen-bond donors (Lipinski definition) is 2. The molecule has 5 nitrogen and oxygen atoms in total. The highest BCUT2D eigenvalue weighted by molar-refractivity contribution is 7.99. The number of thiophene rings is 1. The summed E-state index contributed by atoms with van der Waals surface area (Å²) in [5.41, 5.74) is 3.34. The van der Waals surface area contributed by atoms with E-state index in [2.05, 4.69) is 12.1 Å². The van der Waals surface area contributed by atoms with Crippen LogP contribution in [0, 0.1) is 5.41 Å². The van der Waals surface area contributed by atoms with Crippen molar-refractivity contribution in [1.82, 2.24) is 4.98 Å². The minimum atomic E-state index is -1.02. The zero-order valence-corrected chi connectivity index (χ0v) is 26.2. The summed E-state index contributed by atoms with van der Waals surface area (Å²) < 4.78 is 7.85.